The lowest BCUT2D eigenvalue weighted by molar-refractivity contribution is -0.317. The Balaban J connectivity index is 2.13. The van der Waals surface area contributed by atoms with Crippen LogP contribution in [0.25, 0.3) is 0 Å². The van der Waals surface area contributed by atoms with Crippen LogP contribution in [0, 0.1) is 0 Å². The Morgan fingerprint density at radius 2 is 1.33 bits per heavy atom. The normalized spacial score (nSPS) is 53.1. The van der Waals surface area contributed by atoms with Gasteiger partial charge in [-0.3, -0.25) is 0 Å². The predicted octanol–water partition coefficient (Wildman–Crippen LogP) is -5.39. The Morgan fingerprint density at radius 3 is 1.79 bits per heavy atom. The van der Waals surface area contributed by atoms with E-state index < -0.39 is 73.9 Å². The average molecular weight is 355 g/mol. The standard InChI is InChI=1S/C13H25NO10/c1-22-11-7(18)9(20)12(10(21)8(11)19)24-13-4(14)6(17)5(16)3(2-15)23-13/h3-13,15-21H,2,14H2,1H3/t3-,4-,5+,6-,7-,8+,9-,10-,11?,12?,13-/m1/s1. The second kappa shape index (κ2) is 7.85. The third-order valence-corrected chi connectivity index (χ3v) is 4.54. The van der Waals surface area contributed by atoms with Crippen LogP contribution in [0.1, 0.15) is 0 Å². The molecule has 24 heavy (non-hydrogen) atoms. The highest BCUT2D eigenvalue weighted by Gasteiger charge is 2.52. The summed E-state index contributed by atoms with van der Waals surface area (Å²) in [4.78, 5) is 0. The smallest absolute Gasteiger partial charge is 0.176 e. The first-order valence-corrected chi connectivity index (χ1v) is 7.53. The number of aliphatic hydroxyl groups is 7. The van der Waals surface area contributed by atoms with Gasteiger partial charge in [0.15, 0.2) is 6.29 Å². The van der Waals surface area contributed by atoms with Crippen molar-refractivity contribution in [2.45, 2.75) is 67.3 Å². The summed E-state index contributed by atoms with van der Waals surface area (Å²) in [7, 11) is 1.20. The average Bonchev–Trinajstić information content (AvgIpc) is 2.57. The van der Waals surface area contributed by atoms with Crippen LogP contribution in [-0.2, 0) is 14.2 Å². The highest BCUT2D eigenvalue weighted by Crippen LogP contribution is 2.29. The number of aliphatic hydroxyl groups excluding tert-OH is 7. The number of rotatable bonds is 4. The second-order valence-electron chi connectivity index (χ2n) is 6.05. The van der Waals surface area contributed by atoms with Crippen molar-refractivity contribution in [2.75, 3.05) is 13.7 Å². The summed E-state index contributed by atoms with van der Waals surface area (Å²) >= 11 is 0. The zero-order chi connectivity index (χ0) is 18.2. The van der Waals surface area contributed by atoms with E-state index in [-0.39, 0.29) is 0 Å². The minimum atomic E-state index is -1.64. The van der Waals surface area contributed by atoms with E-state index in [0.29, 0.717) is 0 Å². The molecule has 1 aliphatic heterocycles. The Labute approximate surface area is 137 Å². The Hall–Kier alpha value is -0.440. The fraction of sp³-hybridized carbons (Fsp3) is 1.00. The number of methoxy groups -OCH3 is 1. The van der Waals surface area contributed by atoms with E-state index in [1.807, 2.05) is 0 Å². The van der Waals surface area contributed by atoms with Gasteiger partial charge in [0.1, 0.15) is 54.9 Å². The van der Waals surface area contributed by atoms with E-state index in [9.17, 15) is 30.6 Å². The molecule has 11 nitrogen and oxygen atoms in total. The third kappa shape index (κ3) is 3.43. The highest BCUT2D eigenvalue weighted by atomic mass is 16.7. The molecule has 0 amide bonds. The van der Waals surface area contributed by atoms with Crippen molar-refractivity contribution in [2.24, 2.45) is 5.73 Å². The van der Waals surface area contributed by atoms with Crippen molar-refractivity contribution in [1.29, 1.82) is 0 Å². The van der Waals surface area contributed by atoms with Crippen molar-refractivity contribution in [3.8, 4) is 0 Å². The first-order chi connectivity index (χ1) is 11.2. The second-order valence-corrected chi connectivity index (χ2v) is 6.05. The summed E-state index contributed by atoms with van der Waals surface area (Å²) in [5.74, 6) is 0. The lowest BCUT2D eigenvalue weighted by Crippen LogP contribution is -2.68. The highest BCUT2D eigenvalue weighted by molar-refractivity contribution is 5.01. The molecule has 2 unspecified atom stereocenters. The number of ether oxygens (including phenoxy) is 3. The fourth-order valence-electron chi connectivity index (χ4n) is 3.00. The fourth-order valence-corrected chi connectivity index (χ4v) is 3.00. The van der Waals surface area contributed by atoms with Gasteiger partial charge in [0.05, 0.1) is 12.6 Å². The summed E-state index contributed by atoms with van der Waals surface area (Å²) in [5, 5.41) is 68.9. The molecule has 0 aromatic heterocycles. The molecule has 1 saturated carbocycles. The molecule has 11 atom stereocenters. The van der Waals surface area contributed by atoms with Gasteiger partial charge < -0.3 is 55.7 Å². The summed E-state index contributed by atoms with van der Waals surface area (Å²) < 4.78 is 15.4. The van der Waals surface area contributed by atoms with Crippen LogP contribution in [0.4, 0.5) is 0 Å². The summed E-state index contributed by atoms with van der Waals surface area (Å²) in [5.41, 5.74) is 5.71. The van der Waals surface area contributed by atoms with Crippen LogP contribution < -0.4 is 5.73 Å². The van der Waals surface area contributed by atoms with Gasteiger partial charge in [-0.05, 0) is 0 Å². The zero-order valence-electron chi connectivity index (χ0n) is 13.0. The predicted molar refractivity (Wildman–Crippen MR) is 75.4 cm³/mol. The van der Waals surface area contributed by atoms with Crippen LogP contribution >= 0.6 is 0 Å². The lowest BCUT2D eigenvalue weighted by Gasteiger charge is -2.46. The number of hydrogen-bond acceptors (Lipinski definition) is 11. The first-order valence-electron chi connectivity index (χ1n) is 7.53. The lowest BCUT2D eigenvalue weighted by atomic mass is 9.84. The minimum Gasteiger partial charge on any atom is -0.394 e. The Kier molecular flexibility index (Phi) is 6.50. The summed E-state index contributed by atoms with van der Waals surface area (Å²) in [6.45, 7) is -0.627. The van der Waals surface area contributed by atoms with Crippen LogP contribution in [0.15, 0.2) is 0 Å². The van der Waals surface area contributed by atoms with Crippen LogP contribution in [0.3, 0.4) is 0 Å². The molecule has 142 valence electrons. The van der Waals surface area contributed by atoms with Gasteiger partial charge in [-0.25, -0.2) is 0 Å². The van der Waals surface area contributed by atoms with Crippen molar-refractivity contribution < 1.29 is 50.0 Å². The molecule has 0 spiro atoms. The van der Waals surface area contributed by atoms with Crippen LogP contribution in [0.5, 0.6) is 0 Å². The maximum Gasteiger partial charge on any atom is 0.176 e. The molecule has 0 aromatic carbocycles. The first kappa shape index (κ1) is 19.9. The topological polar surface area (TPSA) is 195 Å². The minimum absolute atomic E-state index is 0.627. The van der Waals surface area contributed by atoms with E-state index in [4.69, 9.17) is 25.1 Å². The molecule has 2 rings (SSSR count). The monoisotopic (exact) mass is 355 g/mol. The summed E-state index contributed by atoms with van der Waals surface area (Å²) in [6.07, 6.45) is -14.6. The number of hydrogen-bond donors (Lipinski definition) is 8. The van der Waals surface area contributed by atoms with E-state index in [1.165, 1.54) is 7.11 Å². The molecular formula is C13H25NO10. The molecule has 1 heterocycles. The molecule has 11 heteroatoms. The molecule has 0 radical (unpaired) electrons. The Morgan fingerprint density at radius 1 is 0.833 bits per heavy atom. The SMILES string of the molecule is COC1[C@@H](O)[C@@H](O)C(O[C@H]2O[C@H](CO)[C@H](O)[C@H](O)[C@H]2N)[C@H](O)[C@H]1O. The van der Waals surface area contributed by atoms with Crippen LogP contribution in [0.2, 0.25) is 0 Å². The Bertz CT molecular complexity index is 396. The van der Waals surface area contributed by atoms with Gasteiger partial charge in [-0.1, -0.05) is 0 Å². The van der Waals surface area contributed by atoms with Crippen molar-refractivity contribution in [3.63, 3.8) is 0 Å². The largest absolute Gasteiger partial charge is 0.394 e. The quantitative estimate of drug-likeness (QED) is 0.240. The van der Waals surface area contributed by atoms with Gasteiger partial charge in [-0.15, -0.1) is 0 Å². The van der Waals surface area contributed by atoms with Crippen molar-refractivity contribution in [3.05, 3.63) is 0 Å². The maximum absolute atomic E-state index is 10.1. The van der Waals surface area contributed by atoms with Crippen molar-refractivity contribution in [1.82, 2.24) is 0 Å². The third-order valence-electron chi connectivity index (χ3n) is 4.54. The number of nitrogens with two attached hydrogens (primary N) is 1. The molecule has 0 bridgehead atoms. The van der Waals surface area contributed by atoms with Gasteiger partial charge in [-0.2, -0.15) is 0 Å². The zero-order valence-corrected chi connectivity index (χ0v) is 13.0. The van der Waals surface area contributed by atoms with Gasteiger partial charge >= 0.3 is 0 Å². The van der Waals surface area contributed by atoms with Crippen molar-refractivity contribution >= 4 is 0 Å². The molecule has 9 N–H and O–H groups in total. The van der Waals surface area contributed by atoms with Gasteiger partial charge in [0.2, 0.25) is 0 Å². The van der Waals surface area contributed by atoms with Crippen LogP contribution in [-0.4, -0.2) is 117 Å². The summed E-state index contributed by atoms with van der Waals surface area (Å²) in [6, 6.07) is -1.25. The van der Waals surface area contributed by atoms with E-state index in [2.05, 4.69) is 0 Å². The maximum atomic E-state index is 10.1. The molecule has 2 fully saturated rings. The molecular weight excluding hydrogens is 330 g/mol. The van der Waals surface area contributed by atoms with Gasteiger partial charge in [0.25, 0.3) is 0 Å². The van der Waals surface area contributed by atoms with E-state index >= 15 is 0 Å². The molecule has 2 aliphatic rings. The molecule has 1 aliphatic carbocycles. The van der Waals surface area contributed by atoms with E-state index in [0.717, 1.165) is 0 Å². The van der Waals surface area contributed by atoms with E-state index in [1.54, 1.807) is 0 Å². The molecule has 1 saturated heterocycles. The molecule has 0 aromatic rings. The van der Waals surface area contributed by atoms with Gasteiger partial charge in [0, 0.05) is 7.11 Å².